The van der Waals surface area contributed by atoms with E-state index in [9.17, 15) is 9.59 Å². The molecule has 0 saturated carbocycles. The summed E-state index contributed by atoms with van der Waals surface area (Å²) in [5.41, 5.74) is 1.00. The number of hydrogen-bond donors (Lipinski definition) is 2. The summed E-state index contributed by atoms with van der Waals surface area (Å²) in [4.78, 5) is 20.7. The Morgan fingerprint density at radius 1 is 1.50 bits per heavy atom. The third-order valence-electron chi connectivity index (χ3n) is 1.52. The van der Waals surface area contributed by atoms with Crippen molar-refractivity contribution in [1.29, 1.82) is 0 Å². The van der Waals surface area contributed by atoms with Gasteiger partial charge in [0.15, 0.2) is 6.29 Å². The van der Waals surface area contributed by atoms with Gasteiger partial charge in [0.05, 0.1) is 0 Å². The second kappa shape index (κ2) is 6.25. The largest absolute Gasteiger partial charge is 1.00 e. The summed E-state index contributed by atoms with van der Waals surface area (Å²) in [6, 6.07) is 6.73. The maximum atomic E-state index is 10.5. The zero-order valence-corrected chi connectivity index (χ0v) is 7.86. The molecule has 0 unspecified atom stereocenters. The number of aldehydes is 1. The number of aliphatic carboxylic acids is 1. The van der Waals surface area contributed by atoms with Crippen LogP contribution in [0.15, 0.2) is 24.3 Å². The number of carbonyl (C=O) groups excluding carboxylic acids is 1. The summed E-state index contributed by atoms with van der Waals surface area (Å²) in [5.74, 6) is -0.958. The van der Waals surface area contributed by atoms with E-state index in [0.717, 1.165) is 0 Å². The molecule has 0 saturated heterocycles. The molecule has 0 aliphatic heterocycles. The number of para-hydroxylation sites is 1. The molecule has 0 heterocycles. The van der Waals surface area contributed by atoms with Gasteiger partial charge in [-0.1, -0.05) is 12.1 Å². The summed E-state index contributed by atoms with van der Waals surface area (Å²) in [6.07, 6.45) is 0.685. The Balaban J connectivity index is 0. The molecule has 0 fully saturated rings. The first kappa shape index (κ1) is 12.8. The first-order valence-electron chi connectivity index (χ1n) is 3.74. The molecule has 0 bridgehead atoms. The topological polar surface area (TPSA) is 66.4 Å². The molecule has 0 aromatic heterocycles. The van der Waals surface area contributed by atoms with Crippen LogP contribution < -0.4 is 24.2 Å². The zero-order valence-electron chi connectivity index (χ0n) is 8.86. The van der Waals surface area contributed by atoms with Crippen molar-refractivity contribution >= 4 is 17.9 Å². The number of hydrogen-bond acceptors (Lipinski definition) is 3. The predicted molar refractivity (Wildman–Crippen MR) is 49.1 cm³/mol. The monoisotopic (exact) mass is 187 g/mol. The summed E-state index contributed by atoms with van der Waals surface area (Å²) < 4.78 is 0. The normalized spacial score (nSPS) is 8.57. The first-order chi connectivity index (χ1) is 6.24. The number of benzene rings is 1. The van der Waals surface area contributed by atoms with E-state index in [1.807, 2.05) is 0 Å². The van der Waals surface area contributed by atoms with Gasteiger partial charge in [-0.05, 0) is 12.1 Å². The molecule has 0 spiro atoms. The Labute approximate surface area is 95.0 Å². The summed E-state index contributed by atoms with van der Waals surface area (Å²) in [6.45, 7) is -0.190. The Morgan fingerprint density at radius 3 is 2.71 bits per heavy atom. The van der Waals surface area contributed by atoms with E-state index in [4.69, 9.17) is 5.11 Å². The van der Waals surface area contributed by atoms with Gasteiger partial charge >= 0.3 is 24.8 Å². The molecule has 0 amide bonds. The van der Waals surface area contributed by atoms with Crippen LogP contribution in [0.5, 0.6) is 0 Å². The minimum absolute atomic E-state index is 0. The van der Waals surface area contributed by atoms with Crippen LogP contribution in [0.2, 0.25) is 0 Å². The molecule has 4 nitrogen and oxygen atoms in total. The summed E-state index contributed by atoms with van der Waals surface area (Å²) in [7, 11) is 0. The Morgan fingerprint density at radius 2 is 2.14 bits per heavy atom. The molecule has 1 rings (SSSR count). The minimum Gasteiger partial charge on any atom is -1.00 e. The molecule has 5 heteroatoms. The molecule has 1 aromatic rings. The molecule has 0 aliphatic rings. The molecular formula is C9H10LiNO3. The van der Waals surface area contributed by atoms with Crippen molar-refractivity contribution in [3.8, 4) is 0 Å². The maximum absolute atomic E-state index is 10.5. The minimum atomic E-state index is -0.958. The predicted octanol–water partition coefficient (Wildman–Crippen LogP) is -1.89. The molecule has 1 aromatic carbocycles. The van der Waals surface area contributed by atoms with Crippen LogP contribution in [0.3, 0.4) is 0 Å². The van der Waals surface area contributed by atoms with Gasteiger partial charge in [-0.15, -0.1) is 0 Å². The molecule has 0 atom stereocenters. The quantitative estimate of drug-likeness (QED) is 0.427. The van der Waals surface area contributed by atoms with Crippen LogP contribution in [-0.4, -0.2) is 23.9 Å². The number of nitrogens with one attached hydrogen (secondary N) is 1. The third kappa shape index (κ3) is 3.65. The van der Waals surface area contributed by atoms with Gasteiger partial charge in [-0.2, -0.15) is 0 Å². The van der Waals surface area contributed by atoms with Crippen molar-refractivity contribution in [1.82, 2.24) is 0 Å². The fourth-order valence-electron chi connectivity index (χ4n) is 0.932. The number of carboxylic acids is 1. The smallest absolute Gasteiger partial charge is 1.00 e. The Hall–Kier alpha value is -1.24. The van der Waals surface area contributed by atoms with Gasteiger partial charge in [-0.25, -0.2) is 0 Å². The number of anilines is 1. The van der Waals surface area contributed by atoms with Gasteiger partial charge in [0, 0.05) is 11.3 Å². The standard InChI is InChI=1S/C9H9NO3.Li.H/c11-6-7-3-1-2-4-8(7)10-5-9(12)13;;/h1-4,6,10H,5H2,(H,12,13);;/q;+1;-1. The van der Waals surface area contributed by atoms with Gasteiger partial charge in [0.1, 0.15) is 6.54 Å². The van der Waals surface area contributed by atoms with Crippen molar-refractivity contribution in [2.45, 2.75) is 0 Å². The average molecular weight is 187 g/mol. The van der Waals surface area contributed by atoms with Crippen LogP contribution >= 0.6 is 0 Å². The molecule has 2 N–H and O–H groups in total. The van der Waals surface area contributed by atoms with E-state index in [2.05, 4.69) is 5.32 Å². The second-order valence-corrected chi connectivity index (χ2v) is 2.45. The van der Waals surface area contributed by atoms with E-state index >= 15 is 0 Å². The second-order valence-electron chi connectivity index (χ2n) is 2.45. The van der Waals surface area contributed by atoms with Gasteiger partial charge < -0.3 is 11.8 Å². The fourth-order valence-corrected chi connectivity index (χ4v) is 0.932. The van der Waals surface area contributed by atoms with E-state index in [1.165, 1.54) is 0 Å². The number of carboxylic acid groups (broad SMARTS) is 1. The molecule has 0 aliphatic carbocycles. The Bertz CT molecular complexity index is 333. The van der Waals surface area contributed by atoms with E-state index in [0.29, 0.717) is 17.5 Å². The molecule has 14 heavy (non-hydrogen) atoms. The molecule has 70 valence electrons. The fraction of sp³-hybridized carbons (Fsp3) is 0.111. The first-order valence-corrected chi connectivity index (χ1v) is 3.74. The van der Waals surface area contributed by atoms with Gasteiger partial charge in [-0.3, -0.25) is 9.59 Å². The van der Waals surface area contributed by atoms with Crippen molar-refractivity contribution in [2.24, 2.45) is 0 Å². The zero-order chi connectivity index (χ0) is 9.68. The average Bonchev–Trinajstić information content (AvgIpc) is 2.15. The van der Waals surface area contributed by atoms with Crippen molar-refractivity contribution in [3.05, 3.63) is 29.8 Å². The van der Waals surface area contributed by atoms with Crippen molar-refractivity contribution in [3.63, 3.8) is 0 Å². The van der Waals surface area contributed by atoms with Gasteiger partial charge in [0.25, 0.3) is 0 Å². The summed E-state index contributed by atoms with van der Waals surface area (Å²) in [5, 5.41) is 11.0. The summed E-state index contributed by atoms with van der Waals surface area (Å²) >= 11 is 0. The SMILES string of the molecule is O=Cc1ccccc1NCC(=O)O.[H-].[Li+]. The van der Waals surface area contributed by atoms with E-state index in [-0.39, 0.29) is 26.8 Å². The maximum Gasteiger partial charge on any atom is 1.00 e. The van der Waals surface area contributed by atoms with Crippen LogP contribution in [0.25, 0.3) is 0 Å². The van der Waals surface area contributed by atoms with Crippen molar-refractivity contribution in [2.75, 3.05) is 11.9 Å². The third-order valence-corrected chi connectivity index (χ3v) is 1.52. The van der Waals surface area contributed by atoms with E-state index in [1.54, 1.807) is 24.3 Å². The Kier molecular flexibility index (Phi) is 5.69. The molecular weight excluding hydrogens is 177 g/mol. The van der Waals surface area contributed by atoms with Crippen LogP contribution in [0, 0.1) is 0 Å². The van der Waals surface area contributed by atoms with E-state index < -0.39 is 5.97 Å². The molecule has 0 radical (unpaired) electrons. The van der Waals surface area contributed by atoms with Crippen LogP contribution in [0.1, 0.15) is 11.8 Å². The van der Waals surface area contributed by atoms with Gasteiger partial charge in [0.2, 0.25) is 0 Å². The number of carbonyl (C=O) groups is 2. The van der Waals surface area contributed by atoms with Crippen LogP contribution in [-0.2, 0) is 4.79 Å². The number of rotatable bonds is 4. The van der Waals surface area contributed by atoms with Crippen molar-refractivity contribution < 1.29 is 35.0 Å². The van der Waals surface area contributed by atoms with Crippen LogP contribution in [0.4, 0.5) is 5.69 Å².